The van der Waals surface area contributed by atoms with Gasteiger partial charge < -0.3 is 0 Å². The third kappa shape index (κ3) is 4.20. The number of hydrogen-bond acceptors (Lipinski definition) is 5. The van der Waals surface area contributed by atoms with Gasteiger partial charge in [-0.3, -0.25) is 0 Å². The van der Waals surface area contributed by atoms with Gasteiger partial charge in [0.15, 0.2) is 0 Å². The highest BCUT2D eigenvalue weighted by Crippen LogP contribution is 2.03. The zero-order valence-corrected chi connectivity index (χ0v) is 7.26. The van der Waals surface area contributed by atoms with E-state index in [0.29, 0.717) is 0 Å². The van der Waals surface area contributed by atoms with Crippen LogP contribution in [0.5, 0.6) is 0 Å². The first-order valence-electron chi connectivity index (χ1n) is 3.51. The third-order valence-electron chi connectivity index (χ3n) is 1.16. The van der Waals surface area contributed by atoms with E-state index in [2.05, 4.69) is 28.3 Å². The normalized spacial score (nSPS) is 11.1. The second-order valence-corrected chi connectivity index (χ2v) is 2.12. The fraction of sp³-hybridized carbons (Fsp3) is 0. The summed E-state index contributed by atoms with van der Waals surface area (Å²) in [6.07, 6.45) is 3.52. The summed E-state index contributed by atoms with van der Waals surface area (Å²) in [6, 6.07) is 0. The highest BCUT2D eigenvalue weighted by molar-refractivity contribution is 6.67. The molecule has 5 nitrogen and oxygen atoms in total. The molecular weight excluding hydrogens is 188 g/mol. The molecule has 0 aromatic carbocycles. The number of rotatable bonds is 6. The van der Waals surface area contributed by atoms with E-state index in [1.807, 2.05) is 0 Å². The van der Waals surface area contributed by atoms with Crippen molar-refractivity contribution >= 4 is 13.2 Å². The van der Waals surface area contributed by atoms with Gasteiger partial charge in [-0.2, -0.15) is 14.2 Å². The number of hydrogen-bond donors (Lipinski definition) is 0. The fourth-order valence-electron chi connectivity index (χ4n) is 0.617. The Morgan fingerprint density at radius 3 is 2.29 bits per heavy atom. The van der Waals surface area contributed by atoms with Gasteiger partial charge in [-0.25, -0.2) is 4.99 Å². The molecule has 0 aromatic heterocycles. The number of nitroso groups, excluding NO2 is 2. The minimum absolute atomic E-state index is 0.0452. The number of halogens is 1. The quantitative estimate of drug-likeness (QED) is 0.214. The molecule has 72 valence electrons. The van der Waals surface area contributed by atoms with Crippen molar-refractivity contribution in [2.24, 2.45) is 15.2 Å². The van der Waals surface area contributed by atoms with Crippen molar-refractivity contribution in [2.45, 2.75) is 0 Å². The first-order valence-corrected chi connectivity index (χ1v) is 3.51. The molecule has 0 amide bonds. The summed E-state index contributed by atoms with van der Waals surface area (Å²) in [5.74, 6) is -0.949. The number of aliphatic imine (C=N–C) groups is 1. The molecule has 0 saturated heterocycles. The minimum atomic E-state index is -1.45. The minimum Gasteiger partial charge on any atom is -0.229 e. The Kier molecular flexibility index (Phi) is 5.68. The summed E-state index contributed by atoms with van der Waals surface area (Å²) < 4.78 is 12.1. The van der Waals surface area contributed by atoms with E-state index >= 15 is 0 Å². The Bertz CT molecular complexity index is 306. The Hall–Kier alpha value is -1.92. The summed E-state index contributed by atoms with van der Waals surface area (Å²) in [6.45, 7) is 4.75. The number of allylic oxidation sites excluding steroid dienone is 3. The van der Waals surface area contributed by atoms with Crippen LogP contribution in [0.4, 0.5) is 4.39 Å². The van der Waals surface area contributed by atoms with Crippen LogP contribution in [-0.4, -0.2) is 13.2 Å². The van der Waals surface area contributed by atoms with Crippen LogP contribution in [0.2, 0.25) is 0 Å². The Balaban J connectivity index is 4.84. The first-order chi connectivity index (χ1) is 6.65. The maximum atomic E-state index is 12.1. The summed E-state index contributed by atoms with van der Waals surface area (Å²) in [7, 11) is 0. The molecule has 0 N–H and O–H groups in total. The molecule has 0 unspecified atom stereocenters. The summed E-state index contributed by atoms with van der Waals surface area (Å²) in [5, 5.41) is 4.83. The highest BCUT2D eigenvalue weighted by Gasteiger charge is 2.22. The molecule has 0 fully saturated rings. The van der Waals surface area contributed by atoms with E-state index in [-0.39, 0.29) is 5.47 Å². The van der Waals surface area contributed by atoms with Crippen LogP contribution in [0.15, 0.2) is 51.9 Å². The smallest absolute Gasteiger partial charge is 0.229 e. The van der Waals surface area contributed by atoms with Crippen molar-refractivity contribution in [2.75, 3.05) is 0 Å². The zero-order valence-electron chi connectivity index (χ0n) is 7.26. The van der Waals surface area contributed by atoms with Gasteiger partial charge in [-0.1, -0.05) is 28.9 Å². The van der Waals surface area contributed by atoms with Gasteiger partial charge in [0, 0.05) is 6.21 Å². The molecular formula is C7H7BFN3O2. The van der Waals surface area contributed by atoms with E-state index < -0.39 is 12.9 Å². The van der Waals surface area contributed by atoms with Crippen molar-refractivity contribution in [3.05, 3.63) is 46.5 Å². The predicted molar refractivity (Wildman–Crippen MR) is 54.4 cm³/mol. The van der Waals surface area contributed by atoms with Gasteiger partial charge in [-0.15, -0.1) is 0 Å². The van der Waals surface area contributed by atoms with E-state index in [9.17, 15) is 14.2 Å². The Morgan fingerprint density at radius 2 is 1.93 bits per heavy atom. The van der Waals surface area contributed by atoms with E-state index in [4.69, 9.17) is 0 Å². The summed E-state index contributed by atoms with van der Waals surface area (Å²) in [4.78, 5) is 23.4. The van der Waals surface area contributed by atoms with Crippen LogP contribution in [0, 0.1) is 9.81 Å². The van der Waals surface area contributed by atoms with Gasteiger partial charge in [0.2, 0.25) is 5.95 Å². The fourth-order valence-corrected chi connectivity index (χ4v) is 0.617. The van der Waals surface area contributed by atoms with Gasteiger partial charge >= 0.3 is 6.98 Å². The van der Waals surface area contributed by atoms with Gasteiger partial charge in [0.25, 0.3) is 0 Å². The average Bonchev–Trinajstić information content (AvgIpc) is 2.15. The molecule has 0 aromatic rings. The average molecular weight is 195 g/mol. The van der Waals surface area contributed by atoms with Gasteiger partial charge in [-0.05, 0) is 12.1 Å². The molecule has 14 heavy (non-hydrogen) atoms. The van der Waals surface area contributed by atoms with E-state index in [0.717, 1.165) is 6.21 Å². The second-order valence-electron chi connectivity index (χ2n) is 2.12. The molecule has 0 aliphatic rings. The Labute approximate surface area is 80.2 Å². The maximum absolute atomic E-state index is 12.1. The van der Waals surface area contributed by atoms with E-state index in [1.54, 1.807) is 0 Å². The van der Waals surface area contributed by atoms with Crippen LogP contribution >= 0.6 is 0 Å². The highest BCUT2D eigenvalue weighted by atomic mass is 19.1. The van der Waals surface area contributed by atoms with Gasteiger partial charge in [0.1, 0.15) is 0 Å². The second kappa shape index (κ2) is 6.58. The molecule has 0 heterocycles. The van der Waals surface area contributed by atoms with Crippen molar-refractivity contribution in [1.29, 1.82) is 0 Å². The van der Waals surface area contributed by atoms with Gasteiger partial charge in [0.05, 0.1) is 0 Å². The maximum Gasteiger partial charge on any atom is 0.550 e. The monoisotopic (exact) mass is 195 g/mol. The van der Waals surface area contributed by atoms with Crippen molar-refractivity contribution < 1.29 is 4.39 Å². The van der Waals surface area contributed by atoms with E-state index in [1.165, 1.54) is 12.2 Å². The van der Waals surface area contributed by atoms with Crippen LogP contribution in [0.1, 0.15) is 0 Å². The number of nitrogens with zero attached hydrogens (tertiary/aromatic N) is 3. The standard InChI is InChI=1S/C7H7BFN3O2/c1-3-4-7(5-10-6(2)9)8(11-13)12-14/h3-5H,1-2H2/b7-4+,10-5?. The molecule has 0 aliphatic carbocycles. The lowest BCUT2D eigenvalue weighted by atomic mass is 9.70. The molecule has 0 aliphatic heterocycles. The predicted octanol–water partition coefficient (Wildman–Crippen LogP) is 2.17. The Morgan fingerprint density at radius 1 is 1.36 bits per heavy atom. The molecule has 0 saturated carbocycles. The molecule has 0 atom stereocenters. The summed E-state index contributed by atoms with van der Waals surface area (Å²) in [5.41, 5.74) is 0.0452. The summed E-state index contributed by atoms with van der Waals surface area (Å²) >= 11 is 0. The molecule has 7 heteroatoms. The van der Waals surface area contributed by atoms with Crippen molar-refractivity contribution in [3.8, 4) is 0 Å². The lowest BCUT2D eigenvalue weighted by molar-refractivity contribution is 0.634. The molecule has 0 rings (SSSR count). The van der Waals surface area contributed by atoms with Crippen LogP contribution < -0.4 is 0 Å². The zero-order chi connectivity index (χ0) is 11.0. The van der Waals surface area contributed by atoms with Crippen molar-refractivity contribution in [1.82, 2.24) is 0 Å². The first kappa shape index (κ1) is 12.1. The lowest BCUT2D eigenvalue weighted by Gasteiger charge is -1.93. The molecule has 0 bridgehead atoms. The van der Waals surface area contributed by atoms with Crippen LogP contribution in [-0.2, 0) is 0 Å². The third-order valence-corrected chi connectivity index (χ3v) is 1.16. The topological polar surface area (TPSA) is 71.2 Å². The lowest BCUT2D eigenvalue weighted by Crippen LogP contribution is -2.11. The molecule has 0 radical (unpaired) electrons. The van der Waals surface area contributed by atoms with Crippen molar-refractivity contribution in [3.63, 3.8) is 0 Å². The largest absolute Gasteiger partial charge is 0.550 e. The van der Waals surface area contributed by atoms with Crippen LogP contribution in [0.25, 0.3) is 0 Å². The molecule has 0 spiro atoms. The van der Waals surface area contributed by atoms with Crippen LogP contribution in [0.3, 0.4) is 0 Å². The SMILES string of the molecule is C=C/C=C(\C=NC(=C)F)B(N=O)N=O.